The molecule has 1 fully saturated rings. The molecule has 0 radical (unpaired) electrons. The molecule has 2 atom stereocenters. The van der Waals surface area contributed by atoms with E-state index in [4.69, 9.17) is 4.74 Å². The van der Waals surface area contributed by atoms with E-state index in [1.54, 1.807) is 4.57 Å². The third kappa shape index (κ3) is 4.93. The molecule has 2 unspecified atom stereocenters. The lowest BCUT2D eigenvalue weighted by molar-refractivity contribution is -0.121. The van der Waals surface area contributed by atoms with Crippen molar-refractivity contribution < 1.29 is 9.53 Å². The zero-order chi connectivity index (χ0) is 16.1. The van der Waals surface area contributed by atoms with Crippen LogP contribution in [0, 0.1) is 6.92 Å². The standard InChI is InChI=1S/C15H25N3O3S/c1-11-10-22-15(20)18(11)6-4-14(19)16-5-7-17-8-12(2)21-13(3)9-17/h10,12-13H,4-9H2,1-3H3,(H,16,19). The predicted octanol–water partition coefficient (Wildman–Crippen LogP) is 0.834. The maximum atomic E-state index is 11.9. The van der Waals surface area contributed by atoms with E-state index in [-0.39, 0.29) is 23.0 Å². The lowest BCUT2D eigenvalue weighted by atomic mass is 10.2. The highest BCUT2D eigenvalue weighted by atomic mass is 32.1. The molecule has 0 bridgehead atoms. The number of nitrogens with zero attached hydrogens (tertiary/aromatic N) is 2. The zero-order valence-corrected chi connectivity index (χ0v) is 14.3. The smallest absolute Gasteiger partial charge is 0.307 e. The summed E-state index contributed by atoms with van der Waals surface area (Å²) >= 11 is 1.18. The van der Waals surface area contributed by atoms with Crippen LogP contribution in [0.3, 0.4) is 0 Å². The summed E-state index contributed by atoms with van der Waals surface area (Å²) in [4.78, 5) is 25.7. The van der Waals surface area contributed by atoms with Crippen LogP contribution in [0.15, 0.2) is 10.2 Å². The summed E-state index contributed by atoms with van der Waals surface area (Å²) in [5.41, 5.74) is 0.916. The Hall–Kier alpha value is -1.18. The molecule has 124 valence electrons. The maximum Gasteiger partial charge on any atom is 0.307 e. The van der Waals surface area contributed by atoms with Gasteiger partial charge in [-0.05, 0) is 20.8 Å². The minimum atomic E-state index is -0.00754. The van der Waals surface area contributed by atoms with Crippen molar-refractivity contribution in [1.82, 2.24) is 14.8 Å². The van der Waals surface area contributed by atoms with E-state index < -0.39 is 0 Å². The number of amides is 1. The van der Waals surface area contributed by atoms with Crippen LogP contribution < -0.4 is 10.2 Å². The summed E-state index contributed by atoms with van der Waals surface area (Å²) in [7, 11) is 0. The summed E-state index contributed by atoms with van der Waals surface area (Å²) in [6.45, 7) is 9.76. The van der Waals surface area contributed by atoms with Gasteiger partial charge in [0, 0.05) is 50.2 Å². The number of nitrogens with one attached hydrogen (secondary N) is 1. The Morgan fingerprint density at radius 3 is 2.64 bits per heavy atom. The molecule has 1 amide bonds. The SMILES string of the molecule is Cc1csc(=O)n1CCC(=O)NCCN1CC(C)OC(C)C1. The van der Waals surface area contributed by atoms with E-state index in [1.807, 2.05) is 12.3 Å². The van der Waals surface area contributed by atoms with Crippen LogP contribution >= 0.6 is 11.3 Å². The van der Waals surface area contributed by atoms with Crippen LogP contribution in [0.25, 0.3) is 0 Å². The molecule has 0 aliphatic carbocycles. The number of carbonyl (C=O) groups is 1. The van der Waals surface area contributed by atoms with Crippen molar-refractivity contribution in [2.24, 2.45) is 0 Å². The van der Waals surface area contributed by atoms with Gasteiger partial charge in [-0.15, -0.1) is 0 Å². The van der Waals surface area contributed by atoms with Crippen LogP contribution in [-0.2, 0) is 16.1 Å². The van der Waals surface area contributed by atoms with Crippen LogP contribution in [0.4, 0.5) is 0 Å². The van der Waals surface area contributed by atoms with E-state index in [1.165, 1.54) is 11.3 Å². The maximum absolute atomic E-state index is 11.9. The van der Waals surface area contributed by atoms with Crippen LogP contribution in [0.2, 0.25) is 0 Å². The second-order valence-corrected chi connectivity index (χ2v) is 6.73. The molecule has 1 aliphatic heterocycles. The Morgan fingerprint density at radius 1 is 1.36 bits per heavy atom. The number of carbonyl (C=O) groups excluding carboxylic acids is 1. The first-order valence-electron chi connectivity index (χ1n) is 7.75. The first-order valence-corrected chi connectivity index (χ1v) is 8.63. The van der Waals surface area contributed by atoms with Gasteiger partial charge >= 0.3 is 4.87 Å². The summed E-state index contributed by atoms with van der Waals surface area (Å²) in [5.74, 6) is -0.00754. The van der Waals surface area contributed by atoms with Gasteiger partial charge in [0.1, 0.15) is 0 Å². The molecule has 1 aromatic heterocycles. The monoisotopic (exact) mass is 327 g/mol. The molecule has 1 aromatic rings. The van der Waals surface area contributed by atoms with Crippen molar-refractivity contribution in [3.63, 3.8) is 0 Å². The van der Waals surface area contributed by atoms with Crippen LogP contribution in [0.1, 0.15) is 26.0 Å². The molecular formula is C15H25N3O3S. The molecule has 0 spiro atoms. The number of aryl methyl sites for hydroxylation is 1. The molecule has 1 N–H and O–H groups in total. The third-order valence-corrected chi connectivity index (χ3v) is 4.67. The number of rotatable bonds is 6. The number of hydrogen-bond donors (Lipinski definition) is 1. The molecule has 22 heavy (non-hydrogen) atoms. The molecule has 0 aromatic carbocycles. The van der Waals surface area contributed by atoms with Gasteiger partial charge in [0.2, 0.25) is 5.91 Å². The summed E-state index contributed by atoms with van der Waals surface area (Å²) in [6, 6.07) is 0. The number of thiazole rings is 1. The Kier molecular flexibility index (Phi) is 6.16. The average molecular weight is 327 g/mol. The fraction of sp³-hybridized carbons (Fsp3) is 0.733. The largest absolute Gasteiger partial charge is 0.373 e. The topological polar surface area (TPSA) is 63.6 Å². The fourth-order valence-corrected chi connectivity index (χ4v) is 3.56. The molecule has 7 heteroatoms. The highest BCUT2D eigenvalue weighted by Gasteiger charge is 2.21. The molecule has 1 aliphatic rings. The zero-order valence-electron chi connectivity index (χ0n) is 13.5. The fourth-order valence-electron chi connectivity index (χ4n) is 2.80. The predicted molar refractivity (Wildman–Crippen MR) is 87.4 cm³/mol. The molecule has 0 saturated carbocycles. The molecule has 1 saturated heterocycles. The first-order chi connectivity index (χ1) is 10.5. The minimum Gasteiger partial charge on any atom is -0.373 e. The Balaban J connectivity index is 1.67. The molecular weight excluding hydrogens is 302 g/mol. The normalized spacial score (nSPS) is 22.7. The van der Waals surface area contributed by atoms with Gasteiger partial charge in [-0.2, -0.15) is 0 Å². The molecule has 2 heterocycles. The number of morpholine rings is 1. The van der Waals surface area contributed by atoms with E-state index in [2.05, 4.69) is 24.1 Å². The van der Waals surface area contributed by atoms with E-state index in [0.717, 1.165) is 25.3 Å². The second-order valence-electron chi connectivity index (χ2n) is 5.91. The van der Waals surface area contributed by atoms with Gasteiger partial charge in [0.25, 0.3) is 0 Å². The van der Waals surface area contributed by atoms with Crippen molar-refractivity contribution in [2.75, 3.05) is 26.2 Å². The molecule has 2 rings (SSSR count). The Morgan fingerprint density at radius 2 is 2.05 bits per heavy atom. The quantitative estimate of drug-likeness (QED) is 0.841. The van der Waals surface area contributed by atoms with Crippen LogP contribution in [-0.4, -0.2) is 53.8 Å². The summed E-state index contributed by atoms with van der Waals surface area (Å²) in [5, 5.41) is 4.75. The van der Waals surface area contributed by atoms with Gasteiger partial charge < -0.3 is 14.6 Å². The summed E-state index contributed by atoms with van der Waals surface area (Å²) < 4.78 is 7.33. The molecule has 6 nitrogen and oxygen atoms in total. The van der Waals surface area contributed by atoms with Crippen molar-refractivity contribution in [3.8, 4) is 0 Å². The third-order valence-electron chi connectivity index (χ3n) is 3.78. The highest BCUT2D eigenvalue weighted by molar-refractivity contribution is 7.07. The van der Waals surface area contributed by atoms with Gasteiger partial charge in [-0.3, -0.25) is 14.5 Å². The van der Waals surface area contributed by atoms with Gasteiger partial charge in [0.05, 0.1) is 12.2 Å². The lowest BCUT2D eigenvalue weighted by Gasteiger charge is -2.35. The first kappa shape index (κ1) is 17.2. The Bertz CT molecular complexity index is 544. The van der Waals surface area contributed by atoms with Crippen molar-refractivity contribution in [1.29, 1.82) is 0 Å². The van der Waals surface area contributed by atoms with E-state index in [0.29, 0.717) is 19.5 Å². The Labute approximate surface area is 135 Å². The van der Waals surface area contributed by atoms with Gasteiger partial charge in [-0.25, -0.2) is 0 Å². The van der Waals surface area contributed by atoms with Crippen molar-refractivity contribution in [3.05, 3.63) is 20.7 Å². The van der Waals surface area contributed by atoms with Crippen molar-refractivity contribution >= 4 is 17.2 Å². The average Bonchev–Trinajstić information content (AvgIpc) is 2.75. The van der Waals surface area contributed by atoms with Crippen molar-refractivity contribution in [2.45, 2.75) is 45.9 Å². The van der Waals surface area contributed by atoms with Gasteiger partial charge in [-0.1, -0.05) is 11.3 Å². The number of hydrogen-bond acceptors (Lipinski definition) is 5. The number of aromatic nitrogens is 1. The highest BCUT2D eigenvalue weighted by Crippen LogP contribution is 2.09. The van der Waals surface area contributed by atoms with Gasteiger partial charge in [0.15, 0.2) is 0 Å². The number of ether oxygens (including phenoxy) is 1. The van der Waals surface area contributed by atoms with Crippen LogP contribution in [0.5, 0.6) is 0 Å². The summed E-state index contributed by atoms with van der Waals surface area (Å²) in [6.07, 6.45) is 0.828. The minimum absolute atomic E-state index is 0.00147. The van der Waals surface area contributed by atoms with E-state index >= 15 is 0 Å². The van der Waals surface area contributed by atoms with E-state index in [9.17, 15) is 9.59 Å². The second kappa shape index (κ2) is 7.89. The lowest BCUT2D eigenvalue weighted by Crippen LogP contribution is -2.47.